The molecule has 6 nitrogen and oxygen atoms in total. The molecule has 2 N–H and O–H groups in total. The van der Waals surface area contributed by atoms with Crippen LogP contribution in [0.25, 0.3) is 0 Å². The molecule has 2 unspecified atom stereocenters. The lowest BCUT2D eigenvalue weighted by Crippen LogP contribution is -2.52. The summed E-state index contributed by atoms with van der Waals surface area (Å²) in [4.78, 5) is 27.2. The van der Waals surface area contributed by atoms with E-state index in [-0.39, 0.29) is 31.1 Å². The Morgan fingerprint density at radius 1 is 1.33 bits per heavy atom. The number of rotatable bonds is 5. The van der Waals surface area contributed by atoms with Gasteiger partial charge >= 0.3 is 12.0 Å². The summed E-state index contributed by atoms with van der Waals surface area (Å²) in [5.41, 5.74) is 0. The summed E-state index contributed by atoms with van der Waals surface area (Å²) in [6.07, 6.45) is 4.51. The van der Waals surface area contributed by atoms with E-state index in [2.05, 4.69) is 10.2 Å². The minimum atomic E-state index is -0.868. The molecule has 0 spiro atoms. The fraction of sp³-hybridized carbons (Fsp3) is 0.867. The van der Waals surface area contributed by atoms with Gasteiger partial charge in [-0.05, 0) is 46.1 Å². The largest absolute Gasteiger partial charge is 0.481 e. The summed E-state index contributed by atoms with van der Waals surface area (Å²) in [6, 6.07) is 0.733. The van der Waals surface area contributed by atoms with Crippen molar-refractivity contribution >= 4 is 12.0 Å². The van der Waals surface area contributed by atoms with Gasteiger partial charge in [-0.1, -0.05) is 0 Å². The van der Waals surface area contributed by atoms with Gasteiger partial charge in [-0.2, -0.15) is 0 Å². The maximum absolute atomic E-state index is 12.4. The molecule has 0 aliphatic carbocycles. The number of urea groups is 1. The maximum atomic E-state index is 12.4. The Kier molecular flexibility index (Phi) is 5.45. The van der Waals surface area contributed by atoms with Crippen LogP contribution in [0.1, 0.15) is 46.0 Å². The Labute approximate surface area is 126 Å². The number of amides is 2. The van der Waals surface area contributed by atoms with E-state index in [9.17, 15) is 9.59 Å². The molecule has 0 aromatic rings. The standard InChI is InChI=1S/C15H27N3O3/c1-11(2)18(9-6-14(19)20)15(21)16-12-5-8-17-7-3-4-13(17)10-12/h11-13H,3-10H2,1-2H3,(H,16,21)(H,19,20). The van der Waals surface area contributed by atoms with Crippen LogP contribution in [0.5, 0.6) is 0 Å². The first-order valence-electron chi connectivity index (χ1n) is 8.00. The minimum absolute atomic E-state index is 0.00727. The smallest absolute Gasteiger partial charge is 0.317 e. The number of nitrogens with zero attached hydrogens (tertiary/aromatic N) is 2. The summed E-state index contributed by atoms with van der Waals surface area (Å²) in [7, 11) is 0. The van der Waals surface area contributed by atoms with Crippen molar-refractivity contribution in [3.05, 3.63) is 0 Å². The number of nitrogens with one attached hydrogen (secondary N) is 1. The fourth-order valence-electron chi connectivity index (χ4n) is 3.42. The van der Waals surface area contributed by atoms with Gasteiger partial charge in [-0.25, -0.2) is 4.79 Å². The van der Waals surface area contributed by atoms with Gasteiger partial charge in [-0.3, -0.25) is 4.79 Å². The zero-order valence-electron chi connectivity index (χ0n) is 13.0. The lowest BCUT2D eigenvalue weighted by atomic mass is 9.98. The quantitative estimate of drug-likeness (QED) is 0.807. The van der Waals surface area contributed by atoms with Crippen LogP contribution in [-0.2, 0) is 4.79 Å². The van der Waals surface area contributed by atoms with Crippen molar-refractivity contribution in [2.24, 2.45) is 0 Å². The van der Waals surface area contributed by atoms with E-state index in [4.69, 9.17) is 5.11 Å². The minimum Gasteiger partial charge on any atom is -0.481 e. The third-order valence-corrected chi connectivity index (χ3v) is 4.60. The van der Waals surface area contributed by atoms with Gasteiger partial charge in [0.05, 0.1) is 6.42 Å². The lowest BCUT2D eigenvalue weighted by molar-refractivity contribution is -0.137. The Bertz CT molecular complexity index is 386. The first-order chi connectivity index (χ1) is 9.97. The van der Waals surface area contributed by atoms with E-state index in [1.54, 1.807) is 4.90 Å². The summed E-state index contributed by atoms with van der Waals surface area (Å²) in [5.74, 6) is -0.868. The Hall–Kier alpha value is -1.30. The molecule has 2 amide bonds. The summed E-state index contributed by atoms with van der Waals surface area (Å²) in [6.45, 7) is 6.36. The highest BCUT2D eigenvalue weighted by atomic mass is 16.4. The van der Waals surface area contributed by atoms with Crippen molar-refractivity contribution < 1.29 is 14.7 Å². The first-order valence-corrected chi connectivity index (χ1v) is 8.00. The molecular formula is C15H27N3O3. The zero-order valence-corrected chi connectivity index (χ0v) is 13.0. The molecule has 21 heavy (non-hydrogen) atoms. The average molecular weight is 297 g/mol. The molecule has 2 rings (SSSR count). The van der Waals surface area contributed by atoms with Gasteiger partial charge in [-0.15, -0.1) is 0 Å². The normalized spacial score (nSPS) is 25.7. The second kappa shape index (κ2) is 7.11. The molecule has 120 valence electrons. The zero-order chi connectivity index (χ0) is 15.4. The van der Waals surface area contributed by atoms with E-state index in [1.807, 2.05) is 13.8 Å². The number of hydrogen-bond acceptors (Lipinski definition) is 3. The number of piperidine rings is 1. The number of carbonyl (C=O) groups is 2. The highest BCUT2D eigenvalue weighted by molar-refractivity contribution is 5.76. The lowest BCUT2D eigenvalue weighted by Gasteiger charge is -2.36. The molecule has 2 fully saturated rings. The van der Waals surface area contributed by atoms with Gasteiger partial charge in [0.25, 0.3) is 0 Å². The molecule has 2 atom stereocenters. The number of carbonyl (C=O) groups excluding carboxylic acids is 1. The molecule has 2 aliphatic heterocycles. The maximum Gasteiger partial charge on any atom is 0.317 e. The molecule has 2 heterocycles. The van der Waals surface area contributed by atoms with Crippen LogP contribution >= 0.6 is 0 Å². The van der Waals surface area contributed by atoms with Gasteiger partial charge in [0, 0.05) is 31.2 Å². The van der Waals surface area contributed by atoms with Crippen LogP contribution in [0.4, 0.5) is 4.79 Å². The Morgan fingerprint density at radius 2 is 2.10 bits per heavy atom. The van der Waals surface area contributed by atoms with Crippen molar-refractivity contribution in [1.29, 1.82) is 0 Å². The molecule has 6 heteroatoms. The summed E-state index contributed by atoms with van der Waals surface area (Å²) >= 11 is 0. The second-order valence-corrected chi connectivity index (χ2v) is 6.43. The molecule has 2 saturated heterocycles. The highest BCUT2D eigenvalue weighted by Crippen LogP contribution is 2.26. The van der Waals surface area contributed by atoms with Crippen molar-refractivity contribution in [3.8, 4) is 0 Å². The first kappa shape index (κ1) is 16.1. The van der Waals surface area contributed by atoms with Crippen molar-refractivity contribution in [2.75, 3.05) is 19.6 Å². The van der Waals surface area contributed by atoms with E-state index < -0.39 is 5.97 Å². The second-order valence-electron chi connectivity index (χ2n) is 6.43. The average Bonchev–Trinajstić information content (AvgIpc) is 2.85. The van der Waals surface area contributed by atoms with E-state index in [1.165, 1.54) is 19.4 Å². The highest BCUT2D eigenvalue weighted by Gasteiger charge is 2.33. The van der Waals surface area contributed by atoms with Crippen LogP contribution < -0.4 is 5.32 Å². The molecular weight excluding hydrogens is 270 g/mol. The van der Waals surface area contributed by atoms with E-state index in [0.29, 0.717) is 6.04 Å². The molecule has 0 bridgehead atoms. The van der Waals surface area contributed by atoms with Gasteiger partial charge < -0.3 is 20.2 Å². The van der Waals surface area contributed by atoms with E-state index in [0.717, 1.165) is 19.4 Å². The molecule has 2 aliphatic rings. The van der Waals surface area contributed by atoms with E-state index >= 15 is 0 Å². The number of hydrogen-bond donors (Lipinski definition) is 2. The molecule has 0 aromatic heterocycles. The van der Waals surface area contributed by atoms with Crippen molar-refractivity contribution in [1.82, 2.24) is 15.1 Å². The van der Waals surface area contributed by atoms with Gasteiger partial charge in [0.2, 0.25) is 0 Å². The number of fused-ring (bicyclic) bond motifs is 1. The van der Waals surface area contributed by atoms with Crippen LogP contribution in [0.15, 0.2) is 0 Å². The number of carboxylic acid groups (broad SMARTS) is 1. The third kappa shape index (κ3) is 4.33. The van der Waals surface area contributed by atoms with Crippen molar-refractivity contribution in [2.45, 2.75) is 64.1 Å². The monoisotopic (exact) mass is 297 g/mol. The summed E-state index contributed by atoms with van der Waals surface area (Å²) in [5, 5.41) is 11.9. The van der Waals surface area contributed by atoms with Crippen LogP contribution in [0, 0.1) is 0 Å². The molecule has 0 radical (unpaired) electrons. The molecule has 0 aromatic carbocycles. The predicted octanol–water partition coefficient (Wildman–Crippen LogP) is 1.51. The van der Waals surface area contributed by atoms with Crippen LogP contribution in [-0.4, -0.2) is 64.7 Å². The molecule has 0 saturated carbocycles. The Balaban J connectivity index is 1.84. The van der Waals surface area contributed by atoms with Crippen LogP contribution in [0.2, 0.25) is 0 Å². The predicted molar refractivity (Wildman–Crippen MR) is 80.2 cm³/mol. The third-order valence-electron chi connectivity index (χ3n) is 4.60. The van der Waals surface area contributed by atoms with Gasteiger partial charge in [0.15, 0.2) is 0 Å². The van der Waals surface area contributed by atoms with Crippen LogP contribution in [0.3, 0.4) is 0 Å². The summed E-state index contributed by atoms with van der Waals surface area (Å²) < 4.78 is 0. The van der Waals surface area contributed by atoms with Gasteiger partial charge in [0.1, 0.15) is 0 Å². The topological polar surface area (TPSA) is 72.9 Å². The number of carboxylic acids is 1. The Morgan fingerprint density at radius 3 is 2.76 bits per heavy atom. The van der Waals surface area contributed by atoms with Crippen molar-refractivity contribution in [3.63, 3.8) is 0 Å². The number of aliphatic carboxylic acids is 1. The SMILES string of the molecule is CC(C)N(CCC(=O)O)C(=O)NC1CCN2CCCC2C1. The fourth-order valence-corrected chi connectivity index (χ4v) is 3.42.